The first-order chi connectivity index (χ1) is 10.4. The van der Waals surface area contributed by atoms with Crippen molar-refractivity contribution < 1.29 is 27.1 Å². The first kappa shape index (κ1) is 16.5. The zero-order valence-electron chi connectivity index (χ0n) is 11.8. The first-order valence-electron chi connectivity index (χ1n) is 6.56. The summed E-state index contributed by atoms with van der Waals surface area (Å²) in [6.07, 6.45) is 1.63. The largest absolute Gasteiger partial charge is 0.491 e. The van der Waals surface area contributed by atoms with Crippen molar-refractivity contribution in [3.05, 3.63) is 48.2 Å². The lowest BCUT2D eigenvalue weighted by atomic mass is 10.2. The van der Waals surface area contributed by atoms with Crippen molar-refractivity contribution in [3.63, 3.8) is 0 Å². The fourth-order valence-corrected chi connectivity index (χ4v) is 2.83. The number of rotatable bonds is 7. The lowest BCUT2D eigenvalue weighted by molar-refractivity contribution is 0.181. The van der Waals surface area contributed by atoms with E-state index in [0.717, 1.165) is 6.07 Å². The summed E-state index contributed by atoms with van der Waals surface area (Å²) in [7, 11) is -3.94. The third kappa shape index (κ3) is 3.85. The molecule has 1 heterocycles. The number of furan rings is 1. The van der Waals surface area contributed by atoms with E-state index >= 15 is 0 Å². The first-order valence-corrected chi connectivity index (χ1v) is 8.04. The molecule has 0 aliphatic heterocycles. The van der Waals surface area contributed by atoms with Gasteiger partial charge < -0.3 is 14.3 Å². The van der Waals surface area contributed by atoms with Crippen LogP contribution < -0.4 is 9.46 Å². The molecule has 2 aromatic rings. The molecule has 22 heavy (non-hydrogen) atoms. The highest BCUT2D eigenvalue weighted by atomic mass is 32.2. The van der Waals surface area contributed by atoms with Crippen LogP contribution in [0, 0.1) is 5.82 Å². The van der Waals surface area contributed by atoms with Crippen LogP contribution in [0.1, 0.15) is 18.6 Å². The summed E-state index contributed by atoms with van der Waals surface area (Å²) < 4.78 is 49.9. The Balaban J connectivity index is 2.08. The van der Waals surface area contributed by atoms with Crippen LogP contribution in [0.25, 0.3) is 0 Å². The summed E-state index contributed by atoms with van der Waals surface area (Å²) in [6, 6.07) is 4.88. The third-order valence-electron chi connectivity index (χ3n) is 2.91. The highest BCUT2D eigenvalue weighted by molar-refractivity contribution is 7.89. The molecule has 0 spiro atoms. The quantitative estimate of drug-likeness (QED) is 0.809. The zero-order chi connectivity index (χ0) is 16.2. The maximum atomic E-state index is 13.7. The van der Waals surface area contributed by atoms with Crippen LogP contribution in [0.3, 0.4) is 0 Å². The molecule has 120 valence electrons. The molecular weight excluding hydrogens is 313 g/mol. The number of aliphatic hydroxyl groups excluding tert-OH is 1. The SMILES string of the molecule is CCOc1ccc(S(=O)(=O)NC[C@H](O)c2ccoc2)cc1F. The highest BCUT2D eigenvalue weighted by Gasteiger charge is 2.19. The molecule has 1 atom stereocenters. The summed E-state index contributed by atoms with van der Waals surface area (Å²) in [5.74, 6) is -0.778. The topological polar surface area (TPSA) is 88.8 Å². The average molecular weight is 329 g/mol. The maximum Gasteiger partial charge on any atom is 0.240 e. The monoisotopic (exact) mass is 329 g/mol. The van der Waals surface area contributed by atoms with Crippen molar-refractivity contribution in [3.8, 4) is 5.75 Å². The van der Waals surface area contributed by atoms with E-state index in [1.807, 2.05) is 0 Å². The lowest BCUT2D eigenvalue weighted by Crippen LogP contribution is -2.28. The van der Waals surface area contributed by atoms with Crippen LogP contribution in [-0.2, 0) is 10.0 Å². The van der Waals surface area contributed by atoms with Crippen molar-refractivity contribution in [2.24, 2.45) is 0 Å². The molecule has 1 aromatic carbocycles. The van der Waals surface area contributed by atoms with Crippen LogP contribution in [-0.4, -0.2) is 26.7 Å². The van der Waals surface area contributed by atoms with E-state index < -0.39 is 21.9 Å². The van der Waals surface area contributed by atoms with Gasteiger partial charge in [0, 0.05) is 12.1 Å². The Kier molecular flexibility index (Phi) is 5.17. The second kappa shape index (κ2) is 6.91. The number of sulfonamides is 1. The van der Waals surface area contributed by atoms with E-state index in [1.165, 1.54) is 30.7 Å². The second-order valence-corrected chi connectivity index (χ2v) is 6.22. The molecule has 0 saturated heterocycles. The minimum absolute atomic E-state index is 0.0140. The minimum Gasteiger partial charge on any atom is -0.491 e. The second-order valence-electron chi connectivity index (χ2n) is 4.45. The molecule has 0 saturated carbocycles. The molecule has 2 N–H and O–H groups in total. The number of hydrogen-bond acceptors (Lipinski definition) is 5. The minimum atomic E-state index is -3.94. The van der Waals surface area contributed by atoms with Crippen LogP contribution >= 0.6 is 0 Å². The third-order valence-corrected chi connectivity index (χ3v) is 4.33. The number of ether oxygens (including phenoxy) is 1. The predicted molar refractivity (Wildman–Crippen MR) is 76.4 cm³/mol. The van der Waals surface area contributed by atoms with Gasteiger partial charge >= 0.3 is 0 Å². The van der Waals surface area contributed by atoms with E-state index in [-0.39, 0.29) is 23.8 Å². The average Bonchev–Trinajstić information content (AvgIpc) is 3.01. The van der Waals surface area contributed by atoms with Crippen LogP contribution in [0.5, 0.6) is 5.75 Å². The highest BCUT2D eigenvalue weighted by Crippen LogP contribution is 2.21. The van der Waals surface area contributed by atoms with E-state index in [4.69, 9.17) is 9.15 Å². The van der Waals surface area contributed by atoms with E-state index in [2.05, 4.69) is 4.72 Å². The van der Waals surface area contributed by atoms with Gasteiger partial charge in [0.15, 0.2) is 11.6 Å². The number of benzene rings is 1. The van der Waals surface area contributed by atoms with E-state index in [9.17, 15) is 17.9 Å². The summed E-state index contributed by atoms with van der Waals surface area (Å²) in [4.78, 5) is -0.243. The Morgan fingerprint density at radius 2 is 2.18 bits per heavy atom. The van der Waals surface area contributed by atoms with E-state index in [0.29, 0.717) is 5.56 Å². The maximum absolute atomic E-state index is 13.7. The molecule has 6 nitrogen and oxygen atoms in total. The normalized spacial score (nSPS) is 13.0. The number of hydrogen-bond donors (Lipinski definition) is 2. The molecule has 1 aromatic heterocycles. The van der Waals surface area contributed by atoms with Gasteiger partial charge in [-0.1, -0.05) is 0 Å². The fraction of sp³-hybridized carbons (Fsp3) is 0.286. The van der Waals surface area contributed by atoms with Crippen molar-refractivity contribution in [1.82, 2.24) is 4.72 Å². The summed E-state index contributed by atoms with van der Waals surface area (Å²) in [5.41, 5.74) is 0.445. The molecule has 2 rings (SSSR count). The Morgan fingerprint density at radius 3 is 2.77 bits per heavy atom. The molecule has 0 radical (unpaired) electrons. The van der Waals surface area contributed by atoms with Crippen molar-refractivity contribution in [2.75, 3.05) is 13.2 Å². The summed E-state index contributed by atoms with van der Waals surface area (Å²) in [6.45, 7) is 1.72. The van der Waals surface area contributed by atoms with Gasteiger partial charge in [-0.3, -0.25) is 0 Å². The number of halogens is 1. The van der Waals surface area contributed by atoms with Gasteiger partial charge in [-0.15, -0.1) is 0 Å². The van der Waals surface area contributed by atoms with Gasteiger partial charge in [-0.05, 0) is 31.2 Å². The molecular formula is C14H16FNO5S. The zero-order valence-corrected chi connectivity index (χ0v) is 12.6. The smallest absolute Gasteiger partial charge is 0.240 e. The summed E-state index contributed by atoms with van der Waals surface area (Å²) >= 11 is 0. The number of nitrogens with one attached hydrogen (secondary N) is 1. The van der Waals surface area contributed by atoms with Crippen LogP contribution in [0.4, 0.5) is 4.39 Å². The van der Waals surface area contributed by atoms with Gasteiger partial charge in [0.05, 0.1) is 30.1 Å². The van der Waals surface area contributed by atoms with Crippen molar-refractivity contribution >= 4 is 10.0 Å². The van der Waals surface area contributed by atoms with Crippen molar-refractivity contribution in [2.45, 2.75) is 17.9 Å². The predicted octanol–water partition coefficient (Wildman–Crippen LogP) is 1.83. The molecule has 8 heteroatoms. The van der Waals surface area contributed by atoms with E-state index in [1.54, 1.807) is 6.92 Å². The number of aliphatic hydroxyl groups is 1. The van der Waals surface area contributed by atoms with Gasteiger partial charge in [0.1, 0.15) is 0 Å². The van der Waals surface area contributed by atoms with Gasteiger partial charge in [0.25, 0.3) is 0 Å². The van der Waals surface area contributed by atoms with Crippen LogP contribution in [0.2, 0.25) is 0 Å². The molecule has 0 amide bonds. The standard InChI is InChI=1S/C14H16FNO5S/c1-2-21-14-4-3-11(7-12(14)15)22(18,19)16-8-13(17)10-5-6-20-9-10/h3-7,9,13,16-17H,2,8H2,1H3/t13-/m0/s1. The Bertz CT molecular complexity index is 715. The van der Waals surface area contributed by atoms with Crippen molar-refractivity contribution in [1.29, 1.82) is 0 Å². The molecule has 0 fully saturated rings. The Hall–Kier alpha value is -1.90. The Morgan fingerprint density at radius 1 is 1.41 bits per heavy atom. The van der Waals surface area contributed by atoms with Crippen LogP contribution in [0.15, 0.2) is 46.1 Å². The fourth-order valence-electron chi connectivity index (χ4n) is 1.78. The van der Waals surface area contributed by atoms with Gasteiger partial charge in [-0.25, -0.2) is 17.5 Å². The molecule has 0 aliphatic carbocycles. The molecule has 0 bridgehead atoms. The molecule has 0 unspecified atom stereocenters. The molecule has 0 aliphatic rings. The van der Waals surface area contributed by atoms with Gasteiger partial charge in [-0.2, -0.15) is 0 Å². The lowest BCUT2D eigenvalue weighted by Gasteiger charge is -2.11. The summed E-state index contributed by atoms with van der Waals surface area (Å²) in [5, 5.41) is 9.81. The van der Waals surface area contributed by atoms with Gasteiger partial charge in [0.2, 0.25) is 10.0 Å². The Labute approximate surface area is 127 Å².